The van der Waals surface area contributed by atoms with Crippen molar-refractivity contribution in [3.05, 3.63) is 18.5 Å². The first kappa shape index (κ1) is 14.1. The molecule has 0 unspecified atom stereocenters. The van der Waals surface area contributed by atoms with Crippen LogP contribution in [0.2, 0.25) is 0 Å². The van der Waals surface area contributed by atoms with Crippen molar-refractivity contribution < 1.29 is 4.79 Å². The third kappa shape index (κ3) is 3.36. The van der Waals surface area contributed by atoms with Gasteiger partial charge >= 0.3 is 0 Å². The molecule has 0 aromatic carbocycles. The number of likely N-dealkylation sites (tertiary alicyclic amines) is 1. The van der Waals surface area contributed by atoms with Crippen LogP contribution >= 0.6 is 11.8 Å². The standard InChI is InChI=1S/C12H19N5OS/c1-2-5-17-10(8-13)14-15-12(17)19-9-11(18)16-6-3-4-7-16/h2H,1,3-9,13H2. The largest absolute Gasteiger partial charge is 0.342 e. The fourth-order valence-corrected chi connectivity index (χ4v) is 2.94. The van der Waals surface area contributed by atoms with E-state index in [-0.39, 0.29) is 5.91 Å². The number of allylic oxidation sites excluding steroid dienone is 1. The van der Waals surface area contributed by atoms with Gasteiger partial charge in [0.05, 0.1) is 12.3 Å². The molecule has 1 aromatic heterocycles. The van der Waals surface area contributed by atoms with Crippen molar-refractivity contribution >= 4 is 17.7 Å². The van der Waals surface area contributed by atoms with Crippen molar-refractivity contribution in [1.82, 2.24) is 19.7 Å². The van der Waals surface area contributed by atoms with Gasteiger partial charge in [-0.25, -0.2) is 0 Å². The van der Waals surface area contributed by atoms with Crippen molar-refractivity contribution in [2.45, 2.75) is 31.1 Å². The van der Waals surface area contributed by atoms with Crippen LogP contribution in [-0.2, 0) is 17.9 Å². The highest BCUT2D eigenvalue weighted by Gasteiger charge is 2.19. The highest BCUT2D eigenvalue weighted by Crippen LogP contribution is 2.19. The number of hydrogen-bond acceptors (Lipinski definition) is 5. The predicted octanol–water partition coefficient (Wildman–Crippen LogP) is 0.637. The highest BCUT2D eigenvalue weighted by molar-refractivity contribution is 7.99. The van der Waals surface area contributed by atoms with Crippen LogP contribution in [0.1, 0.15) is 18.7 Å². The second-order valence-electron chi connectivity index (χ2n) is 4.38. The Kier molecular flexibility index (Phi) is 4.98. The molecule has 2 heterocycles. The van der Waals surface area contributed by atoms with Gasteiger partial charge in [-0.1, -0.05) is 17.8 Å². The van der Waals surface area contributed by atoms with Crippen molar-refractivity contribution in [3.8, 4) is 0 Å². The van der Waals surface area contributed by atoms with Crippen LogP contribution in [0.25, 0.3) is 0 Å². The molecule has 1 saturated heterocycles. The summed E-state index contributed by atoms with van der Waals surface area (Å²) < 4.78 is 1.90. The Balaban J connectivity index is 1.96. The van der Waals surface area contributed by atoms with E-state index in [0.717, 1.165) is 36.9 Å². The Hall–Kier alpha value is -1.34. The van der Waals surface area contributed by atoms with Gasteiger partial charge in [0.25, 0.3) is 0 Å². The number of amides is 1. The summed E-state index contributed by atoms with van der Waals surface area (Å²) in [6.45, 7) is 6.42. The van der Waals surface area contributed by atoms with Gasteiger partial charge in [-0.2, -0.15) is 0 Å². The van der Waals surface area contributed by atoms with Crippen LogP contribution in [-0.4, -0.2) is 44.4 Å². The van der Waals surface area contributed by atoms with Crippen molar-refractivity contribution in [2.24, 2.45) is 5.73 Å². The topological polar surface area (TPSA) is 77.0 Å². The maximum Gasteiger partial charge on any atom is 0.233 e. The molecule has 1 aromatic rings. The number of thioether (sulfide) groups is 1. The summed E-state index contributed by atoms with van der Waals surface area (Å²) in [6, 6.07) is 0. The van der Waals surface area contributed by atoms with Gasteiger partial charge in [0.15, 0.2) is 5.16 Å². The lowest BCUT2D eigenvalue weighted by Crippen LogP contribution is -2.29. The van der Waals surface area contributed by atoms with Crippen molar-refractivity contribution in [3.63, 3.8) is 0 Å². The molecule has 0 spiro atoms. The molecule has 19 heavy (non-hydrogen) atoms. The zero-order valence-corrected chi connectivity index (χ0v) is 11.7. The van der Waals surface area contributed by atoms with E-state index >= 15 is 0 Å². The Morgan fingerprint density at radius 1 is 1.42 bits per heavy atom. The highest BCUT2D eigenvalue weighted by atomic mass is 32.2. The van der Waals surface area contributed by atoms with Gasteiger partial charge in [-0.15, -0.1) is 16.8 Å². The second-order valence-corrected chi connectivity index (χ2v) is 5.32. The normalized spacial score (nSPS) is 14.9. The lowest BCUT2D eigenvalue weighted by atomic mass is 10.4. The zero-order chi connectivity index (χ0) is 13.7. The SMILES string of the molecule is C=CCn1c(CN)nnc1SCC(=O)N1CCCC1. The Bertz CT molecular complexity index is 453. The first-order valence-corrected chi connectivity index (χ1v) is 7.38. The Labute approximate surface area is 117 Å². The number of carbonyl (C=O) groups is 1. The molecule has 6 nitrogen and oxygen atoms in total. The van der Waals surface area contributed by atoms with E-state index in [1.807, 2.05) is 9.47 Å². The van der Waals surface area contributed by atoms with E-state index in [1.54, 1.807) is 6.08 Å². The summed E-state index contributed by atoms with van der Waals surface area (Å²) in [6.07, 6.45) is 4.00. The van der Waals surface area contributed by atoms with Crippen LogP contribution in [0.15, 0.2) is 17.8 Å². The molecule has 0 aliphatic carbocycles. The quantitative estimate of drug-likeness (QED) is 0.611. The number of hydrogen-bond donors (Lipinski definition) is 1. The molecule has 0 bridgehead atoms. The fraction of sp³-hybridized carbons (Fsp3) is 0.583. The summed E-state index contributed by atoms with van der Waals surface area (Å²) in [5.41, 5.74) is 5.61. The van der Waals surface area contributed by atoms with Crippen LogP contribution in [0.5, 0.6) is 0 Å². The molecule has 0 radical (unpaired) electrons. The second kappa shape index (κ2) is 6.72. The van der Waals surface area contributed by atoms with Crippen LogP contribution in [0.3, 0.4) is 0 Å². The molecule has 2 N–H and O–H groups in total. The number of aromatic nitrogens is 3. The minimum absolute atomic E-state index is 0.171. The molecular weight excluding hydrogens is 262 g/mol. The van der Waals surface area contributed by atoms with Crippen LogP contribution in [0.4, 0.5) is 0 Å². The van der Waals surface area contributed by atoms with Crippen LogP contribution in [0, 0.1) is 0 Å². The lowest BCUT2D eigenvalue weighted by molar-refractivity contribution is -0.127. The molecule has 1 aliphatic rings. The Morgan fingerprint density at radius 3 is 2.79 bits per heavy atom. The third-order valence-corrected chi connectivity index (χ3v) is 4.02. The van der Waals surface area contributed by atoms with Gasteiger partial charge in [-0.3, -0.25) is 4.79 Å². The molecule has 104 valence electrons. The number of rotatable bonds is 6. The van der Waals surface area contributed by atoms with E-state index in [1.165, 1.54) is 11.8 Å². The summed E-state index contributed by atoms with van der Waals surface area (Å²) >= 11 is 1.41. The zero-order valence-electron chi connectivity index (χ0n) is 10.9. The molecule has 0 atom stereocenters. The average Bonchev–Trinajstić information content (AvgIpc) is 3.06. The number of carbonyl (C=O) groups excluding carboxylic acids is 1. The summed E-state index contributed by atoms with van der Waals surface area (Å²) in [5, 5.41) is 8.83. The first-order chi connectivity index (χ1) is 9.26. The van der Waals surface area contributed by atoms with Crippen molar-refractivity contribution in [2.75, 3.05) is 18.8 Å². The predicted molar refractivity (Wildman–Crippen MR) is 74.6 cm³/mol. The summed E-state index contributed by atoms with van der Waals surface area (Å²) in [7, 11) is 0. The molecule has 2 rings (SSSR count). The molecule has 7 heteroatoms. The van der Waals surface area contributed by atoms with Gasteiger partial charge in [0.2, 0.25) is 5.91 Å². The summed E-state index contributed by atoms with van der Waals surface area (Å²) in [5.74, 6) is 1.29. The van der Waals surface area contributed by atoms with Gasteiger partial charge < -0.3 is 15.2 Å². The first-order valence-electron chi connectivity index (χ1n) is 6.40. The maximum atomic E-state index is 12.0. The van der Waals surface area contributed by atoms with Gasteiger partial charge in [0.1, 0.15) is 5.82 Å². The third-order valence-electron chi connectivity index (χ3n) is 3.07. The number of nitrogens with two attached hydrogens (primary N) is 1. The van der Waals surface area contributed by atoms with E-state index in [0.29, 0.717) is 18.8 Å². The van der Waals surface area contributed by atoms with Gasteiger partial charge in [0, 0.05) is 19.6 Å². The Morgan fingerprint density at radius 2 is 2.16 bits per heavy atom. The van der Waals surface area contributed by atoms with Crippen molar-refractivity contribution in [1.29, 1.82) is 0 Å². The monoisotopic (exact) mass is 281 g/mol. The lowest BCUT2D eigenvalue weighted by Gasteiger charge is -2.14. The van der Waals surface area contributed by atoms with E-state index in [9.17, 15) is 4.79 Å². The van der Waals surface area contributed by atoms with Crippen LogP contribution < -0.4 is 5.73 Å². The fourth-order valence-electron chi connectivity index (χ4n) is 2.07. The van der Waals surface area contributed by atoms with E-state index < -0.39 is 0 Å². The van der Waals surface area contributed by atoms with E-state index in [2.05, 4.69) is 16.8 Å². The molecular formula is C12H19N5OS. The van der Waals surface area contributed by atoms with Gasteiger partial charge in [-0.05, 0) is 12.8 Å². The molecule has 1 fully saturated rings. The summed E-state index contributed by atoms with van der Waals surface area (Å²) in [4.78, 5) is 13.9. The minimum Gasteiger partial charge on any atom is -0.342 e. The molecule has 1 amide bonds. The smallest absolute Gasteiger partial charge is 0.233 e. The number of nitrogens with zero attached hydrogens (tertiary/aromatic N) is 4. The minimum atomic E-state index is 0.171. The molecule has 1 aliphatic heterocycles. The maximum absolute atomic E-state index is 12.0. The average molecular weight is 281 g/mol. The molecule has 0 saturated carbocycles. The van der Waals surface area contributed by atoms with E-state index in [4.69, 9.17) is 5.73 Å².